The fraction of sp³-hybridized carbons (Fsp3) is 0.333. The molecule has 1 N–H and O–H groups in total. The van der Waals surface area contributed by atoms with Gasteiger partial charge in [-0.3, -0.25) is 9.59 Å². The van der Waals surface area contributed by atoms with E-state index in [9.17, 15) is 14.7 Å². The second-order valence-electron chi connectivity index (χ2n) is 6.53. The Hall–Kier alpha value is -2.62. The number of likely N-dealkylation sites (tertiary alicyclic amines) is 1. The number of phenolic OH excluding ortho intramolecular Hbond substituents is 1. The highest BCUT2D eigenvalue weighted by atomic mass is 16.3. The number of Topliss-reactive ketones (excluding diaryl/α,β-unsaturated/α-hetero) is 1. The van der Waals surface area contributed by atoms with E-state index in [-0.39, 0.29) is 23.4 Å². The van der Waals surface area contributed by atoms with Gasteiger partial charge in [0.2, 0.25) is 0 Å². The van der Waals surface area contributed by atoms with Gasteiger partial charge in [-0.2, -0.15) is 0 Å². The maximum atomic E-state index is 12.7. The van der Waals surface area contributed by atoms with E-state index < -0.39 is 0 Å². The van der Waals surface area contributed by atoms with Crippen LogP contribution in [0.5, 0.6) is 5.75 Å². The largest absolute Gasteiger partial charge is 0.508 e. The molecular formula is C21H23NO3. The number of piperidine rings is 1. The Bertz CT molecular complexity index is 759. The van der Waals surface area contributed by atoms with Crippen LogP contribution in [0.25, 0.3) is 0 Å². The summed E-state index contributed by atoms with van der Waals surface area (Å²) < 4.78 is 0. The molecule has 0 aliphatic carbocycles. The van der Waals surface area contributed by atoms with Crippen LogP contribution in [0.3, 0.4) is 0 Å². The normalized spacial score (nSPS) is 15.2. The van der Waals surface area contributed by atoms with E-state index >= 15 is 0 Å². The number of ketones is 1. The average Bonchev–Trinajstić information content (AvgIpc) is 2.67. The molecular weight excluding hydrogens is 314 g/mol. The van der Waals surface area contributed by atoms with Crippen LogP contribution in [-0.4, -0.2) is 34.8 Å². The van der Waals surface area contributed by atoms with Gasteiger partial charge in [-0.15, -0.1) is 0 Å². The summed E-state index contributed by atoms with van der Waals surface area (Å²) in [4.78, 5) is 26.9. The smallest absolute Gasteiger partial charge is 0.253 e. The third kappa shape index (κ3) is 3.90. The van der Waals surface area contributed by atoms with E-state index in [0.29, 0.717) is 31.5 Å². The van der Waals surface area contributed by atoms with Crippen molar-refractivity contribution in [2.75, 3.05) is 13.1 Å². The second kappa shape index (κ2) is 7.51. The molecule has 1 aliphatic heterocycles. The molecule has 0 bridgehead atoms. The number of rotatable bonds is 4. The molecule has 4 heteroatoms. The standard InChI is InChI=1S/C21H23NO3/c1-2-15-6-8-16(9-7-15)20(24)17-10-12-22(13-11-17)21(25)18-4-3-5-19(23)14-18/h3-9,14,17,23H,2,10-13H2,1H3. The zero-order valence-corrected chi connectivity index (χ0v) is 14.4. The number of aromatic hydroxyl groups is 1. The molecule has 0 aromatic heterocycles. The summed E-state index contributed by atoms with van der Waals surface area (Å²) in [7, 11) is 0. The topological polar surface area (TPSA) is 57.6 Å². The number of hydrogen-bond acceptors (Lipinski definition) is 3. The quantitative estimate of drug-likeness (QED) is 0.866. The number of aryl methyl sites for hydroxylation is 1. The third-order valence-corrected chi connectivity index (χ3v) is 4.89. The number of hydrogen-bond donors (Lipinski definition) is 1. The van der Waals surface area contributed by atoms with E-state index in [1.54, 1.807) is 23.1 Å². The molecule has 2 aromatic carbocycles. The molecule has 1 fully saturated rings. The molecule has 25 heavy (non-hydrogen) atoms. The predicted molar refractivity (Wildman–Crippen MR) is 96.9 cm³/mol. The van der Waals surface area contributed by atoms with Crippen molar-refractivity contribution in [1.82, 2.24) is 4.90 Å². The van der Waals surface area contributed by atoms with E-state index in [4.69, 9.17) is 0 Å². The Morgan fingerprint density at radius 1 is 1.04 bits per heavy atom. The summed E-state index contributed by atoms with van der Waals surface area (Å²) in [5.74, 6) is 0.147. The highest BCUT2D eigenvalue weighted by Crippen LogP contribution is 2.24. The van der Waals surface area contributed by atoms with Crippen molar-refractivity contribution < 1.29 is 14.7 Å². The monoisotopic (exact) mass is 337 g/mol. The maximum Gasteiger partial charge on any atom is 0.253 e. The summed E-state index contributed by atoms with van der Waals surface area (Å²) >= 11 is 0. The molecule has 1 amide bonds. The zero-order chi connectivity index (χ0) is 17.8. The second-order valence-corrected chi connectivity index (χ2v) is 6.53. The number of benzene rings is 2. The zero-order valence-electron chi connectivity index (χ0n) is 14.4. The van der Waals surface area contributed by atoms with E-state index in [0.717, 1.165) is 12.0 Å². The van der Waals surface area contributed by atoms with Gasteiger partial charge in [0.05, 0.1) is 0 Å². The van der Waals surface area contributed by atoms with E-state index in [2.05, 4.69) is 6.92 Å². The van der Waals surface area contributed by atoms with Crippen LogP contribution in [-0.2, 0) is 6.42 Å². The summed E-state index contributed by atoms with van der Waals surface area (Å²) in [6.07, 6.45) is 2.32. The van der Waals surface area contributed by atoms with Gasteiger partial charge in [0, 0.05) is 30.1 Å². The Labute approximate surface area is 148 Å². The number of phenols is 1. The highest BCUT2D eigenvalue weighted by molar-refractivity contribution is 5.98. The van der Waals surface area contributed by atoms with Crippen molar-refractivity contribution >= 4 is 11.7 Å². The van der Waals surface area contributed by atoms with Gasteiger partial charge in [-0.1, -0.05) is 37.3 Å². The minimum absolute atomic E-state index is 0.0271. The number of carbonyl (C=O) groups is 2. The fourth-order valence-corrected chi connectivity index (χ4v) is 3.31. The molecule has 4 nitrogen and oxygen atoms in total. The molecule has 1 aliphatic rings. The lowest BCUT2D eigenvalue weighted by molar-refractivity contribution is 0.0650. The lowest BCUT2D eigenvalue weighted by Gasteiger charge is -2.31. The number of carbonyl (C=O) groups excluding carboxylic acids is 2. The maximum absolute atomic E-state index is 12.7. The predicted octanol–water partition coefficient (Wildman–Crippen LogP) is 3.69. The van der Waals surface area contributed by atoms with Gasteiger partial charge in [0.1, 0.15) is 5.75 Å². The SMILES string of the molecule is CCc1ccc(C(=O)C2CCN(C(=O)c3cccc(O)c3)CC2)cc1. The first-order chi connectivity index (χ1) is 12.1. The van der Waals surface area contributed by atoms with Crippen molar-refractivity contribution in [3.8, 4) is 5.75 Å². The molecule has 0 radical (unpaired) electrons. The van der Waals surface area contributed by atoms with Crippen molar-refractivity contribution in [3.05, 3.63) is 65.2 Å². The Balaban J connectivity index is 1.61. The van der Waals surface area contributed by atoms with Crippen molar-refractivity contribution in [3.63, 3.8) is 0 Å². The lowest BCUT2D eigenvalue weighted by atomic mass is 9.88. The minimum Gasteiger partial charge on any atom is -0.508 e. The van der Waals surface area contributed by atoms with Crippen LogP contribution in [0, 0.1) is 5.92 Å². The van der Waals surface area contributed by atoms with E-state index in [1.165, 1.54) is 11.6 Å². The van der Waals surface area contributed by atoms with Gasteiger partial charge in [-0.25, -0.2) is 0 Å². The molecule has 0 spiro atoms. The third-order valence-electron chi connectivity index (χ3n) is 4.89. The molecule has 0 unspecified atom stereocenters. The van der Waals surface area contributed by atoms with Crippen molar-refractivity contribution in [2.24, 2.45) is 5.92 Å². The van der Waals surface area contributed by atoms with Crippen LogP contribution in [0.4, 0.5) is 0 Å². The van der Waals surface area contributed by atoms with Crippen LogP contribution in [0.1, 0.15) is 46.0 Å². The lowest BCUT2D eigenvalue weighted by Crippen LogP contribution is -2.40. The summed E-state index contributed by atoms with van der Waals surface area (Å²) in [5.41, 5.74) is 2.47. The molecule has 0 saturated carbocycles. The number of nitrogens with zero attached hydrogens (tertiary/aromatic N) is 1. The van der Waals surface area contributed by atoms with Crippen molar-refractivity contribution in [2.45, 2.75) is 26.2 Å². The van der Waals surface area contributed by atoms with Gasteiger partial charge in [-0.05, 0) is 43.0 Å². The first-order valence-corrected chi connectivity index (χ1v) is 8.80. The van der Waals surface area contributed by atoms with Crippen molar-refractivity contribution in [1.29, 1.82) is 0 Å². The van der Waals surface area contributed by atoms with Crippen LogP contribution >= 0.6 is 0 Å². The minimum atomic E-state index is -0.0888. The first kappa shape index (κ1) is 17.2. The van der Waals surface area contributed by atoms with Crippen LogP contribution in [0.2, 0.25) is 0 Å². The summed E-state index contributed by atoms with van der Waals surface area (Å²) in [6, 6.07) is 14.2. The molecule has 130 valence electrons. The van der Waals surface area contributed by atoms with Gasteiger partial charge in [0.25, 0.3) is 5.91 Å². The molecule has 3 rings (SSSR count). The Morgan fingerprint density at radius 3 is 2.32 bits per heavy atom. The van der Waals surface area contributed by atoms with Gasteiger partial charge in [0.15, 0.2) is 5.78 Å². The van der Waals surface area contributed by atoms with E-state index in [1.807, 2.05) is 24.3 Å². The number of amides is 1. The summed E-state index contributed by atoms with van der Waals surface area (Å²) in [5, 5.41) is 9.52. The average molecular weight is 337 g/mol. The Kier molecular flexibility index (Phi) is 5.17. The first-order valence-electron chi connectivity index (χ1n) is 8.80. The van der Waals surface area contributed by atoms with Crippen LogP contribution in [0.15, 0.2) is 48.5 Å². The summed E-state index contributed by atoms with van der Waals surface area (Å²) in [6.45, 7) is 3.23. The van der Waals surface area contributed by atoms with Gasteiger partial charge >= 0.3 is 0 Å². The molecule has 2 aromatic rings. The molecule has 1 heterocycles. The highest BCUT2D eigenvalue weighted by Gasteiger charge is 2.28. The molecule has 1 saturated heterocycles. The fourth-order valence-electron chi connectivity index (χ4n) is 3.31. The van der Waals surface area contributed by atoms with Crippen LogP contribution < -0.4 is 0 Å². The molecule has 0 atom stereocenters. The Morgan fingerprint density at radius 2 is 1.72 bits per heavy atom. The van der Waals surface area contributed by atoms with Gasteiger partial charge < -0.3 is 10.0 Å².